The third kappa shape index (κ3) is 3.17. The lowest BCUT2D eigenvalue weighted by molar-refractivity contribution is 0.102. The van der Waals surface area contributed by atoms with Crippen molar-refractivity contribution < 1.29 is 14.6 Å². The van der Waals surface area contributed by atoms with Gasteiger partial charge in [0.1, 0.15) is 17.1 Å². The summed E-state index contributed by atoms with van der Waals surface area (Å²) >= 11 is 1.56. The molecule has 0 saturated heterocycles. The zero-order valence-electron chi connectivity index (χ0n) is 13.3. The van der Waals surface area contributed by atoms with Crippen LogP contribution < -0.4 is 10.1 Å². The minimum atomic E-state index is -0.350. The van der Waals surface area contributed by atoms with Gasteiger partial charge in [0.2, 0.25) is 5.88 Å². The molecule has 3 aromatic heterocycles. The van der Waals surface area contributed by atoms with Crippen molar-refractivity contribution in [2.75, 3.05) is 19.0 Å². The highest BCUT2D eigenvalue weighted by molar-refractivity contribution is 7.13. The van der Waals surface area contributed by atoms with Crippen LogP contribution in [-0.2, 0) is 13.6 Å². The van der Waals surface area contributed by atoms with Gasteiger partial charge < -0.3 is 15.2 Å². The number of nitrogens with zero attached hydrogens (tertiary/aromatic N) is 4. The molecule has 3 heterocycles. The fraction of sp³-hybridized carbons (Fsp3) is 0.267. The van der Waals surface area contributed by atoms with Crippen molar-refractivity contribution >= 4 is 23.1 Å². The second-order valence-electron chi connectivity index (χ2n) is 5.02. The first-order valence-electron chi connectivity index (χ1n) is 7.24. The van der Waals surface area contributed by atoms with Gasteiger partial charge in [0.15, 0.2) is 0 Å². The summed E-state index contributed by atoms with van der Waals surface area (Å²) in [4.78, 5) is 13.5. The number of aliphatic hydroxyl groups excluding tert-OH is 1. The highest BCUT2D eigenvalue weighted by Gasteiger charge is 2.19. The van der Waals surface area contributed by atoms with Gasteiger partial charge >= 0.3 is 0 Å². The van der Waals surface area contributed by atoms with E-state index in [1.807, 2.05) is 17.5 Å². The molecular weight excluding hydrogens is 330 g/mol. The number of ether oxygens (including phenoxy) is 1. The number of aromatic nitrogens is 4. The van der Waals surface area contributed by atoms with Crippen molar-refractivity contribution in [1.29, 1.82) is 0 Å². The average Bonchev–Trinajstić information content (AvgIpc) is 3.27. The first-order chi connectivity index (χ1) is 11.6. The first-order valence-corrected chi connectivity index (χ1v) is 8.12. The van der Waals surface area contributed by atoms with Gasteiger partial charge in [-0.15, -0.1) is 16.4 Å². The van der Waals surface area contributed by atoms with Crippen molar-refractivity contribution in [2.24, 2.45) is 7.05 Å². The molecule has 0 spiro atoms. The van der Waals surface area contributed by atoms with E-state index in [2.05, 4.69) is 15.5 Å². The Balaban J connectivity index is 1.89. The summed E-state index contributed by atoms with van der Waals surface area (Å²) < 4.78 is 8.19. The van der Waals surface area contributed by atoms with Gasteiger partial charge in [0.25, 0.3) is 5.91 Å². The summed E-state index contributed by atoms with van der Waals surface area (Å²) in [6.07, 6.45) is 1.58. The Morgan fingerprint density at radius 2 is 2.29 bits per heavy atom. The van der Waals surface area contributed by atoms with Crippen molar-refractivity contribution in [3.63, 3.8) is 0 Å². The van der Waals surface area contributed by atoms with Crippen molar-refractivity contribution in [1.82, 2.24) is 19.6 Å². The van der Waals surface area contributed by atoms with Gasteiger partial charge in [0, 0.05) is 19.3 Å². The maximum atomic E-state index is 12.5. The number of hydrogen-bond acceptors (Lipinski definition) is 6. The lowest BCUT2D eigenvalue weighted by Crippen LogP contribution is -2.17. The molecule has 3 aromatic rings. The number of anilines is 1. The van der Waals surface area contributed by atoms with Crippen LogP contribution in [0, 0.1) is 0 Å². The van der Waals surface area contributed by atoms with Gasteiger partial charge in [-0.1, -0.05) is 6.07 Å². The van der Waals surface area contributed by atoms with Crippen LogP contribution in [0.1, 0.15) is 10.4 Å². The summed E-state index contributed by atoms with van der Waals surface area (Å²) in [5, 5.41) is 22.5. The van der Waals surface area contributed by atoms with Gasteiger partial charge in [-0.2, -0.15) is 5.10 Å². The molecule has 2 N–H and O–H groups in total. The zero-order valence-corrected chi connectivity index (χ0v) is 14.1. The lowest BCUT2D eigenvalue weighted by atomic mass is 10.3. The van der Waals surface area contributed by atoms with Crippen LogP contribution in [0.4, 0.5) is 5.82 Å². The van der Waals surface area contributed by atoms with E-state index in [9.17, 15) is 9.90 Å². The molecule has 0 aliphatic rings. The van der Waals surface area contributed by atoms with Crippen LogP contribution in [-0.4, -0.2) is 44.3 Å². The van der Waals surface area contributed by atoms with Gasteiger partial charge in [0.05, 0.1) is 25.1 Å². The molecule has 0 aliphatic heterocycles. The number of thiophene rings is 1. The largest absolute Gasteiger partial charge is 0.479 e. The van der Waals surface area contributed by atoms with E-state index in [-0.39, 0.29) is 24.9 Å². The van der Waals surface area contributed by atoms with E-state index in [0.29, 0.717) is 11.4 Å². The Morgan fingerprint density at radius 3 is 2.96 bits per heavy atom. The summed E-state index contributed by atoms with van der Waals surface area (Å²) in [5.41, 5.74) is 1.07. The first kappa shape index (κ1) is 16.2. The zero-order chi connectivity index (χ0) is 17.1. The third-order valence-electron chi connectivity index (χ3n) is 3.34. The molecule has 3 rings (SSSR count). The standard InChI is InChI=1S/C15H17N5O3S/c1-19-9-10(15(18-19)23-2)14(22)16-13-8-11(12-4-3-7-24-12)17-20(13)5-6-21/h3-4,7-9,21H,5-6H2,1-2H3,(H,16,22). The van der Waals surface area contributed by atoms with Crippen LogP contribution in [0.25, 0.3) is 10.6 Å². The molecule has 0 bridgehead atoms. The molecule has 0 saturated carbocycles. The van der Waals surface area contributed by atoms with E-state index in [0.717, 1.165) is 10.6 Å². The molecule has 0 fully saturated rings. The second kappa shape index (κ2) is 6.85. The van der Waals surface area contributed by atoms with Crippen molar-refractivity contribution in [3.05, 3.63) is 35.3 Å². The number of aryl methyl sites for hydroxylation is 1. The van der Waals surface area contributed by atoms with E-state index in [1.54, 1.807) is 35.3 Å². The average molecular weight is 347 g/mol. The molecule has 9 heteroatoms. The van der Waals surface area contributed by atoms with Crippen molar-refractivity contribution in [2.45, 2.75) is 6.54 Å². The Morgan fingerprint density at radius 1 is 1.46 bits per heavy atom. The topological polar surface area (TPSA) is 94.2 Å². The molecule has 0 atom stereocenters. The molecule has 0 aliphatic carbocycles. The number of methoxy groups -OCH3 is 1. The highest BCUT2D eigenvalue weighted by Crippen LogP contribution is 2.26. The van der Waals surface area contributed by atoms with Crippen LogP contribution in [0.3, 0.4) is 0 Å². The minimum Gasteiger partial charge on any atom is -0.479 e. The third-order valence-corrected chi connectivity index (χ3v) is 4.23. The van der Waals surface area contributed by atoms with E-state index in [4.69, 9.17) is 4.74 Å². The number of amides is 1. The number of nitrogens with one attached hydrogen (secondary N) is 1. The molecule has 0 radical (unpaired) electrons. The Bertz CT molecular complexity index is 838. The molecule has 126 valence electrons. The second-order valence-corrected chi connectivity index (χ2v) is 5.97. The highest BCUT2D eigenvalue weighted by atomic mass is 32.1. The molecule has 8 nitrogen and oxygen atoms in total. The van der Waals surface area contributed by atoms with Gasteiger partial charge in [-0.05, 0) is 11.4 Å². The number of carbonyl (C=O) groups excluding carboxylic acids is 1. The SMILES string of the molecule is COc1nn(C)cc1C(=O)Nc1cc(-c2cccs2)nn1CCO. The summed E-state index contributed by atoms with van der Waals surface area (Å²) in [5.74, 6) is 0.404. The fourth-order valence-corrected chi connectivity index (χ4v) is 2.97. The van der Waals surface area contributed by atoms with Crippen molar-refractivity contribution in [3.8, 4) is 16.5 Å². The molecule has 0 unspecified atom stereocenters. The summed E-state index contributed by atoms with van der Waals surface area (Å²) in [6, 6.07) is 5.66. The molecule has 1 amide bonds. The number of hydrogen-bond donors (Lipinski definition) is 2. The summed E-state index contributed by atoms with van der Waals surface area (Å²) in [7, 11) is 3.17. The summed E-state index contributed by atoms with van der Waals surface area (Å²) in [6.45, 7) is 0.204. The van der Waals surface area contributed by atoms with Crippen LogP contribution in [0.2, 0.25) is 0 Å². The van der Waals surface area contributed by atoms with Gasteiger partial charge in [-0.3, -0.25) is 9.48 Å². The monoisotopic (exact) mass is 347 g/mol. The molecular formula is C15H17N5O3S. The quantitative estimate of drug-likeness (QED) is 0.706. The van der Waals surface area contributed by atoms with Crippen LogP contribution >= 0.6 is 11.3 Å². The fourth-order valence-electron chi connectivity index (χ4n) is 2.29. The Hall–Kier alpha value is -2.65. The van der Waals surface area contributed by atoms with E-state index < -0.39 is 0 Å². The van der Waals surface area contributed by atoms with Crippen LogP contribution in [0.15, 0.2) is 29.8 Å². The Labute approximate surface area is 142 Å². The van der Waals surface area contributed by atoms with E-state index >= 15 is 0 Å². The number of aliphatic hydroxyl groups is 1. The lowest BCUT2D eigenvalue weighted by Gasteiger charge is -2.07. The van der Waals surface area contributed by atoms with Crippen LogP contribution in [0.5, 0.6) is 5.88 Å². The van der Waals surface area contributed by atoms with E-state index in [1.165, 1.54) is 11.8 Å². The smallest absolute Gasteiger partial charge is 0.263 e. The number of rotatable bonds is 6. The maximum absolute atomic E-state index is 12.5. The predicted molar refractivity (Wildman–Crippen MR) is 90.3 cm³/mol. The minimum absolute atomic E-state index is 0.0787. The Kier molecular flexibility index (Phi) is 4.63. The predicted octanol–water partition coefficient (Wildman–Crippen LogP) is 1.60. The molecule has 24 heavy (non-hydrogen) atoms. The normalized spacial score (nSPS) is 10.8. The molecule has 0 aromatic carbocycles. The van der Waals surface area contributed by atoms with Gasteiger partial charge in [-0.25, -0.2) is 4.68 Å². The maximum Gasteiger partial charge on any atom is 0.263 e. The number of carbonyl (C=O) groups is 1.